The van der Waals surface area contributed by atoms with Crippen LogP contribution in [0.4, 0.5) is 5.69 Å². The summed E-state index contributed by atoms with van der Waals surface area (Å²) in [5, 5.41) is 2.10. The fraction of sp³-hybridized carbons (Fsp3) is 0.286. The van der Waals surface area contributed by atoms with Crippen molar-refractivity contribution in [3.05, 3.63) is 50.6 Å². The molecule has 1 heterocycles. The first-order valence-corrected chi connectivity index (χ1v) is 7.52. The van der Waals surface area contributed by atoms with E-state index >= 15 is 0 Å². The van der Waals surface area contributed by atoms with Gasteiger partial charge in [0.1, 0.15) is 0 Å². The molecule has 0 aliphatic rings. The molecule has 1 aromatic carbocycles. The molecule has 0 amide bonds. The van der Waals surface area contributed by atoms with Crippen LogP contribution < -0.4 is 10.6 Å². The fourth-order valence-electron chi connectivity index (χ4n) is 2.00. The molecule has 0 spiro atoms. The van der Waals surface area contributed by atoms with Crippen molar-refractivity contribution in [1.82, 2.24) is 0 Å². The number of anilines is 1. The van der Waals surface area contributed by atoms with Gasteiger partial charge in [0.05, 0.1) is 6.04 Å². The zero-order valence-electron chi connectivity index (χ0n) is 10.6. The Kier molecular flexibility index (Phi) is 4.43. The molecule has 2 aromatic rings. The van der Waals surface area contributed by atoms with Crippen LogP contribution in [0.3, 0.4) is 0 Å². The molecule has 0 fully saturated rings. The second-order valence-corrected chi connectivity index (χ2v) is 6.23. The van der Waals surface area contributed by atoms with Gasteiger partial charge in [0.15, 0.2) is 0 Å². The van der Waals surface area contributed by atoms with Gasteiger partial charge in [-0.2, -0.15) is 0 Å². The largest absolute Gasteiger partial charge is 0.365 e. The van der Waals surface area contributed by atoms with Crippen LogP contribution in [0.2, 0.25) is 0 Å². The zero-order valence-corrected chi connectivity index (χ0v) is 13.0. The van der Waals surface area contributed by atoms with Gasteiger partial charge in [0.2, 0.25) is 0 Å². The summed E-state index contributed by atoms with van der Waals surface area (Å²) in [5.74, 6) is 0. The number of rotatable bonds is 4. The van der Waals surface area contributed by atoms with E-state index in [1.807, 2.05) is 0 Å². The number of aryl methyl sites for hydroxylation is 1. The van der Waals surface area contributed by atoms with E-state index in [4.69, 9.17) is 5.73 Å². The Morgan fingerprint density at radius 2 is 2.17 bits per heavy atom. The van der Waals surface area contributed by atoms with Crippen LogP contribution in [0.1, 0.15) is 16.5 Å². The third-order valence-corrected chi connectivity index (χ3v) is 4.81. The molecule has 2 rings (SSSR count). The van der Waals surface area contributed by atoms with Crippen LogP contribution in [0, 0.1) is 6.92 Å². The molecule has 1 aromatic heterocycles. The minimum atomic E-state index is 0.225. The number of hydrogen-bond acceptors (Lipinski definition) is 3. The average Bonchev–Trinajstić information content (AvgIpc) is 2.76. The second kappa shape index (κ2) is 5.87. The van der Waals surface area contributed by atoms with Crippen molar-refractivity contribution in [2.45, 2.75) is 13.0 Å². The molecule has 0 radical (unpaired) electrons. The van der Waals surface area contributed by atoms with Crippen molar-refractivity contribution >= 4 is 33.0 Å². The molecule has 0 bridgehead atoms. The quantitative estimate of drug-likeness (QED) is 0.922. The number of nitrogens with zero attached hydrogens (tertiary/aromatic N) is 1. The van der Waals surface area contributed by atoms with Gasteiger partial charge < -0.3 is 10.6 Å². The number of halogens is 1. The molecular formula is C14H17BrN2S. The van der Waals surface area contributed by atoms with E-state index in [-0.39, 0.29) is 6.04 Å². The molecule has 4 heteroatoms. The highest BCUT2D eigenvalue weighted by molar-refractivity contribution is 9.10. The first kappa shape index (κ1) is 13.6. The lowest BCUT2D eigenvalue weighted by Crippen LogP contribution is -2.29. The number of thiophene rings is 1. The van der Waals surface area contributed by atoms with E-state index in [9.17, 15) is 0 Å². The van der Waals surface area contributed by atoms with Crippen LogP contribution in [-0.4, -0.2) is 13.6 Å². The number of nitrogens with two attached hydrogens (primary N) is 1. The lowest BCUT2D eigenvalue weighted by atomic mass is 10.1. The predicted octanol–water partition coefficient (Wildman–Crippen LogP) is 3.96. The van der Waals surface area contributed by atoms with Gasteiger partial charge in [0, 0.05) is 34.0 Å². The lowest BCUT2D eigenvalue weighted by molar-refractivity contribution is 0.692. The second-order valence-electron chi connectivity index (χ2n) is 4.37. The highest BCUT2D eigenvalue weighted by atomic mass is 79.9. The van der Waals surface area contributed by atoms with Gasteiger partial charge in [-0.25, -0.2) is 0 Å². The molecule has 18 heavy (non-hydrogen) atoms. The predicted molar refractivity (Wildman–Crippen MR) is 83.4 cm³/mol. The lowest BCUT2D eigenvalue weighted by Gasteiger charge is -2.28. The highest BCUT2D eigenvalue weighted by Crippen LogP contribution is 2.31. The number of likely N-dealkylation sites (N-methyl/N-ethyl adjacent to an activating group) is 1. The molecular weight excluding hydrogens is 308 g/mol. The Bertz CT molecular complexity index is 524. The summed E-state index contributed by atoms with van der Waals surface area (Å²) in [6.07, 6.45) is 0. The highest BCUT2D eigenvalue weighted by Gasteiger charge is 2.17. The molecule has 0 aliphatic carbocycles. The van der Waals surface area contributed by atoms with Gasteiger partial charge >= 0.3 is 0 Å². The Hall–Kier alpha value is -0.840. The molecule has 0 saturated carbocycles. The van der Waals surface area contributed by atoms with E-state index in [1.54, 1.807) is 11.3 Å². The van der Waals surface area contributed by atoms with Crippen molar-refractivity contribution < 1.29 is 0 Å². The van der Waals surface area contributed by atoms with Gasteiger partial charge in [0.25, 0.3) is 0 Å². The van der Waals surface area contributed by atoms with Crippen LogP contribution in [0.15, 0.2) is 40.2 Å². The fourth-order valence-corrected chi connectivity index (χ4v) is 3.60. The van der Waals surface area contributed by atoms with E-state index in [0.29, 0.717) is 6.54 Å². The van der Waals surface area contributed by atoms with Crippen molar-refractivity contribution in [2.75, 3.05) is 18.5 Å². The Labute approximate surface area is 121 Å². The summed E-state index contributed by atoms with van der Waals surface area (Å²) < 4.78 is 1.12. The number of hydrogen-bond donors (Lipinski definition) is 1. The SMILES string of the molecule is Cc1cccc(N(C)C(CN)c2cc(Br)cs2)c1. The summed E-state index contributed by atoms with van der Waals surface area (Å²) in [4.78, 5) is 3.53. The maximum Gasteiger partial charge on any atom is 0.0754 e. The van der Waals surface area contributed by atoms with E-state index in [2.05, 4.69) is 70.5 Å². The van der Waals surface area contributed by atoms with Gasteiger partial charge in [-0.3, -0.25) is 0 Å². The van der Waals surface area contributed by atoms with Crippen LogP contribution in [0.5, 0.6) is 0 Å². The monoisotopic (exact) mass is 324 g/mol. The maximum atomic E-state index is 5.94. The molecule has 1 atom stereocenters. The van der Waals surface area contributed by atoms with Gasteiger partial charge in [-0.05, 0) is 46.6 Å². The summed E-state index contributed by atoms with van der Waals surface area (Å²) in [6.45, 7) is 2.72. The van der Waals surface area contributed by atoms with Gasteiger partial charge in [-0.1, -0.05) is 12.1 Å². The van der Waals surface area contributed by atoms with Crippen LogP contribution in [-0.2, 0) is 0 Å². The molecule has 0 saturated heterocycles. The maximum absolute atomic E-state index is 5.94. The van der Waals surface area contributed by atoms with Crippen molar-refractivity contribution in [3.63, 3.8) is 0 Å². The first-order chi connectivity index (χ1) is 8.61. The third kappa shape index (κ3) is 2.94. The number of benzene rings is 1. The van der Waals surface area contributed by atoms with Crippen LogP contribution >= 0.6 is 27.3 Å². The van der Waals surface area contributed by atoms with E-state index in [1.165, 1.54) is 16.1 Å². The minimum Gasteiger partial charge on any atom is -0.365 e. The van der Waals surface area contributed by atoms with E-state index < -0.39 is 0 Å². The molecule has 0 aliphatic heterocycles. The van der Waals surface area contributed by atoms with Crippen molar-refractivity contribution in [1.29, 1.82) is 0 Å². The Balaban J connectivity index is 2.28. The average molecular weight is 325 g/mol. The first-order valence-electron chi connectivity index (χ1n) is 5.85. The standard InChI is InChI=1S/C14H17BrN2S/c1-10-4-3-5-12(6-10)17(2)13(8-16)14-7-11(15)9-18-14/h3-7,9,13H,8,16H2,1-2H3. The zero-order chi connectivity index (χ0) is 13.1. The van der Waals surface area contributed by atoms with E-state index in [0.717, 1.165) is 4.47 Å². The summed E-state index contributed by atoms with van der Waals surface area (Å²) >= 11 is 5.24. The minimum absolute atomic E-state index is 0.225. The normalized spacial score (nSPS) is 12.4. The van der Waals surface area contributed by atoms with Crippen LogP contribution in [0.25, 0.3) is 0 Å². The molecule has 2 nitrogen and oxygen atoms in total. The molecule has 1 unspecified atom stereocenters. The molecule has 2 N–H and O–H groups in total. The summed E-state index contributed by atoms with van der Waals surface area (Å²) in [6, 6.07) is 10.9. The Morgan fingerprint density at radius 3 is 2.72 bits per heavy atom. The topological polar surface area (TPSA) is 29.3 Å². The smallest absolute Gasteiger partial charge is 0.0754 e. The van der Waals surface area contributed by atoms with Gasteiger partial charge in [-0.15, -0.1) is 11.3 Å². The molecule has 96 valence electrons. The summed E-state index contributed by atoms with van der Waals surface area (Å²) in [5.41, 5.74) is 8.41. The summed E-state index contributed by atoms with van der Waals surface area (Å²) in [7, 11) is 2.10. The van der Waals surface area contributed by atoms with Crippen molar-refractivity contribution in [3.8, 4) is 0 Å². The van der Waals surface area contributed by atoms with Crippen molar-refractivity contribution in [2.24, 2.45) is 5.73 Å². The third-order valence-electron chi connectivity index (χ3n) is 3.02. The Morgan fingerprint density at radius 1 is 1.39 bits per heavy atom.